The van der Waals surface area contributed by atoms with Gasteiger partial charge in [0.2, 0.25) is 5.91 Å². The molecule has 10 nitrogen and oxygen atoms in total. The number of imide groups is 1. The lowest BCUT2D eigenvalue weighted by Crippen LogP contribution is -2.49. The van der Waals surface area contributed by atoms with Crippen LogP contribution in [-0.2, 0) is 16.0 Å². The van der Waals surface area contributed by atoms with E-state index in [9.17, 15) is 19.2 Å². The summed E-state index contributed by atoms with van der Waals surface area (Å²) in [6.07, 6.45) is 3.64. The Kier molecular flexibility index (Phi) is 5.96. The van der Waals surface area contributed by atoms with Crippen molar-refractivity contribution in [3.8, 4) is 0 Å². The van der Waals surface area contributed by atoms with E-state index >= 15 is 0 Å². The number of aromatic nitrogens is 1. The lowest BCUT2D eigenvalue weighted by Gasteiger charge is -2.30. The minimum Gasteiger partial charge on any atom is -0.361 e. The Bertz CT molecular complexity index is 773. The van der Waals surface area contributed by atoms with Gasteiger partial charge < -0.3 is 20.5 Å². The SMILES string of the molecule is CCc1noc(C)c1C(=O)NC1CCCC(NC(=O)CN2C(=O)CNC2=O)C1. The predicted octanol–water partition coefficient (Wildman–Crippen LogP) is 0.254. The van der Waals surface area contributed by atoms with Crippen LogP contribution in [0, 0.1) is 6.92 Å². The van der Waals surface area contributed by atoms with Crippen LogP contribution in [0.2, 0.25) is 0 Å². The third kappa shape index (κ3) is 4.32. The molecule has 0 bridgehead atoms. The molecule has 1 saturated carbocycles. The van der Waals surface area contributed by atoms with Gasteiger partial charge in [0.1, 0.15) is 17.9 Å². The third-order valence-electron chi connectivity index (χ3n) is 5.11. The summed E-state index contributed by atoms with van der Waals surface area (Å²) in [6, 6.07) is -0.756. The zero-order valence-electron chi connectivity index (χ0n) is 16.0. The van der Waals surface area contributed by atoms with Gasteiger partial charge in [-0.15, -0.1) is 0 Å². The smallest absolute Gasteiger partial charge is 0.325 e. The van der Waals surface area contributed by atoms with Crippen LogP contribution in [0.1, 0.15) is 54.4 Å². The molecular formula is C18H25N5O5. The standard InChI is InChI=1S/C18H25N5O5/c1-3-13-16(10(2)28-22-13)17(26)21-12-6-4-5-11(7-12)20-14(24)9-23-15(25)8-19-18(23)27/h11-12H,3-9H2,1-2H3,(H,19,27)(H,20,24)(H,21,26). The van der Waals surface area contributed by atoms with Gasteiger partial charge in [0, 0.05) is 12.1 Å². The molecule has 10 heteroatoms. The van der Waals surface area contributed by atoms with Gasteiger partial charge in [0.25, 0.3) is 11.8 Å². The van der Waals surface area contributed by atoms with Crippen molar-refractivity contribution in [2.75, 3.05) is 13.1 Å². The quantitative estimate of drug-likeness (QED) is 0.596. The number of carbonyl (C=O) groups excluding carboxylic acids is 4. The van der Waals surface area contributed by atoms with Gasteiger partial charge in [-0.2, -0.15) is 0 Å². The van der Waals surface area contributed by atoms with Crippen LogP contribution >= 0.6 is 0 Å². The molecule has 28 heavy (non-hydrogen) atoms. The van der Waals surface area contributed by atoms with Crippen molar-refractivity contribution in [2.24, 2.45) is 0 Å². The van der Waals surface area contributed by atoms with Crippen LogP contribution in [0.4, 0.5) is 4.79 Å². The Hall–Kier alpha value is -2.91. The van der Waals surface area contributed by atoms with Crippen LogP contribution < -0.4 is 16.0 Å². The topological polar surface area (TPSA) is 134 Å². The van der Waals surface area contributed by atoms with E-state index in [2.05, 4.69) is 21.1 Å². The molecule has 1 aliphatic heterocycles. The van der Waals surface area contributed by atoms with Crippen molar-refractivity contribution in [1.29, 1.82) is 0 Å². The molecule has 0 spiro atoms. The molecule has 0 aromatic carbocycles. The first-order valence-electron chi connectivity index (χ1n) is 9.52. The summed E-state index contributed by atoms with van der Waals surface area (Å²) in [4.78, 5) is 48.8. The first-order chi connectivity index (χ1) is 13.4. The summed E-state index contributed by atoms with van der Waals surface area (Å²) in [6.45, 7) is 3.25. The summed E-state index contributed by atoms with van der Waals surface area (Å²) in [5.74, 6) is -0.522. The second kappa shape index (κ2) is 8.41. The molecule has 1 aromatic heterocycles. The molecule has 1 saturated heterocycles. The van der Waals surface area contributed by atoms with Gasteiger partial charge in [-0.1, -0.05) is 12.1 Å². The van der Waals surface area contributed by atoms with Gasteiger partial charge in [-0.3, -0.25) is 19.3 Å². The van der Waals surface area contributed by atoms with E-state index in [1.807, 2.05) is 6.92 Å². The second-order valence-electron chi connectivity index (χ2n) is 7.15. The Labute approximate surface area is 162 Å². The lowest BCUT2D eigenvalue weighted by molar-refractivity contribution is -0.131. The number of nitrogens with zero attached hydrogens (tertiary/aromatic N) is 2. The Balaban J connectivity index is 1.53. The van der Waals surface area contributed by atoms with E-state index in [1.54, 1.807) is 6.92 Å². The van der Waals surface area contributed by atoms with E-state index in [0.29, 0.717) is 29.9 Å². The molecule has 3 N–H and O–H groups in total. The zero-order chi connectivity index (χ0) is 20.3. The fraction of sp³-hybridized carbons (Fsp3) is 0.611. The Morgan fingerprint density at radius 3 is 2.61 bits per heavy atom. The van der Waals surface area contributed by atoms with Gasteiger partial charge in [0.15, 0.2) is 0 Å². The number of amides is 5. The van der Waals surface area contributed by atoms with Crippen LogP contribution in [-0.4, -0.2) is 59.0 Å². The summed E-state index contributed by atoms with van der Waals surface area (Å²) in [5, 5.41) is 12.2. The number of nitrogens with one attached hydrogen (secondary N) is 3. The lowest BCUT2D eigenvalue weighted by atomic mass is 9.90. The highest BCUT2D eigenvalue weighted by Crippen LogP contribution is 2.20. The molecule has 1 aromatic rings. The van der Waals surface area contributed by atoms with Gasteiger partial charge in [-0.05, 0) is 39.0 Å². The van der Waals surface area contributed by atoms with Crippen LogP contribution in [0.5, 0.6) is 0 Å². The molecule has 2 atom stereocenters. The van der Waals surface area contributed by atoms with Crippen molar-refractivity contribution >= 4 is 23.8 Å². The Morgan fingerprint density at radius 1 is 1.25 bits per heavy atom. The first-order valence-corrected chi connectivity index (χ1v) is 9.52. The highest BCUT2D eigenvalue weighted by atomic mass is 16.5. The van der Waals surface area contributed by atoms with E-state index in [-0.39, 0.29) is 37.0 Å². The van der Waals surface area contributed by atoms with E-state index < -0.39 is 11.9 Å². The molecule has 152 valence electrons. The molecule has 3 rings (SSSR count). The normalized spacial score (nSPS) is 22.1. The second-order valence-corrected chi connectivity index (χ2v) is 7.15. The predicted molar refractivity (Wildman–Crippen MR) is 97.4 cm³/mol. The molecule has 2 aliphatic rings. The fourth-order valence-electron chi connectivity index (χ4n) is 3.69. The van der Waals surface area contributed by atoms with Gasteiger partial charge in [-0.25, -0.2) is 4.79 Å². The fourth-order valence-corrected chi connectivity index (χ4v) is 3.69. The van der Waals surface area contributed by atoms with Gasteiger partial charge in [0.05, 0.1) is 12.2 Å². The molecule has 2 fully saturated rings. The average Bonchev–Trinajstić information content (AvgIpc) is 3.18. The number of hydrogen-bond donors (Lipinski definition) is 3. The maximum atomic E-state index is 12.6. The van der Waals surface area contributed by atoms with Crippen LogP contribution in [0.15, 0.2) is 4.52 Å². The van der Waals surface area contributed by atoms with Crippen LogP contribution in [0.25, 0.3) is 0 Å². The van der Waals surface area contributed by atoms with Crippen molar-refractivity contribution in [3.05, 3.63) is 17.0 Å². The highest BCUT2D eigenvalue weighted by molar-refractivity contribution is 6.04. The van der Waals surface area contributed by atoms with Crippen molar-refractivity contribution < 1.29 is 23.7 Å². The maximum absolute atomic E-state index is 12.6. The Morgan fingerprint density at radius 2 is 1.96 bits per heavy atom. The van der Waals surface area contributed by atoms with Crippen molar-refractivity contribution in [1.82, 2.24) is 26.0 Å². The minimum absolute atomic E-state index is 0.0777. The molecular weight excluding hydrogens is 366 g/mol. The number of carbonyl (C=O) groups is 4. The summed E-state index contributed by atoms with van der Waals surface area (Å²) >= 11 is 0. The maximum Gasteiger partial charge on any atom is 0.325 e. The number of rotatable bonds is 6. The van der Waals surface area contributed by atoms with E-state index in [0.717, 1.165) is 24.2 Å². The van der Waals surface area contributed by atoms with Crippen molar-refractivity contribution in [3.63, 3.8) is 0 Å². The zero-order valence-corrected chi connectivity index (χ0v) is 16.0. The molecule has 0 radical (unpaired) electrons. The largest absolute Gasteiger partial charge is 0.361 e. The van der Waals surface area contributed by atoms with Crippen LogP contribution in [0.3, 0.4) is 0 Å². The number of aryl methyl sites for hydroxylation is 2. The van der Waals surface area contributed by atoms with Gasteiger partial charge >= 0.3 is 6.03 Å². The highest BCUT2D eigenvalue weighted by Gasteiger charge is 2.32. The molecule has 2 unspecified atom stereocenters. The summed E-state index contributed by atoms with van der Waals surface area (Å²) < 4.78 is 5.12. The summed E-state index contributed by atoms with van der Waals surface area (Å²) in [7, 11) is 0. The average molecular weight is 391 g/mol. The van der Waals surface area contributed by atoms with E-state index in [1.165, 1.54) is 0 Å². The monoisotopic (exact) mass is 391 g/mol. The minimum atomic E-state index is -0.551. The molecule has 2 heterocycles. The molecule has 5 amide bonds. The third-order valence-corrected chi connectivity index (χ3v) is 5.11. The summed E-state index contributed by atoms with van der Waals surface area (Å²) in [5.41, 5.74) is 1.11. The van der Waals surface area contributed by atoms with Crippen molar-refractivity contribution in [2.45, 2.75) is 58.0 Å². The number of urea groups is 1. The first kappa shape index (κ1) is 19.8. The van der Waals surface area contributed by atoms with E-state index in [4.69, 9.17) is 4.52 Å². The number of hydrogen-bond acceptors (Lipinski definition) is 6. The molecule has 1 aliphatic carbocycles.